The van der Waals surface area contributed by atoms with Crippen molar-refractivity contribution in [2.75, 3.05) is 0 Å². The van der Waals surface area contributed by atoms with Crippen molar-refractivity contribution in [1.82, 2.24) is 19.9 Å². The Morgan fingerprint density at radius 1 is 0.833 bits per heavy atom. The lowest BCUT2D eigenvalue weighted by Crippen LogP contribution is -2.24. The van der Waals surface area contributed by atoms with Crippen LogP contribution in [0.3, 0.4) is 0 Å². The summed E-state index contributed by atoms with van der Waals surface area (Å²) in [6.45, 7) is 12.5. The molecule has 0 aliphatic heterocycles. The Balaban J connectivity index is 0.000000171. The molecule has 2 fully saturated rings. The Hall–Kier alpha value is -1.75. The van der Waals surface area contributed by atoms with Gasteiger partial charge in [-0.05, 0) is 31.7 Å². The predicted octanol–water partition coefficient (Wildman–Crippen LogP) is 6.03. The molecular weight excluding hydrogens is 396 g/mol. The van der Waals surface area contributed by atoms with Gasteiger partial charge in [0.25, 0.3) is 5.56 Å². The molecule has 2 saturated carbocycles. The van der Waals surface area contributed by atoms with Crippen LogP contribution in [0, 0.1) is 0 Å². The van der Waals surface area contributed by atoms with Gasteiger partial charge in [-0.3, -0.25) is 4.79 Å². The van der Waals surface area contributed by atoms with Gasteiger partial charge in [-0.1, -0.05) is 66.0 Å². The molecular formula is C24H35ClN4O. The highest BCUT2D eigenvalue weighted by Gasteiger charge is 2.26. The average Bonchev–Trinajstić information content (AvgIpc) is 2.49. The largest absolute Gasteiger partial charge is 0.310 e. The molecule has 5 nitrogen and oxygen atoms in total. The minimum absolute atomic E-state index is 0.0168. The van der Waals surface area contributed by atoms with Gasteiger partial charge in [-0.2, -0.15) is 0 Å². The number of aromatic nitrogens is 4. The first-order valence-corrected chi connectivity index (χ1v) is 11.5. The minimum atomic E-state index is -0.0844. The van der Waals surface area contributed by atoms with Gasteiger partial charge >= 0.3 is 0 Å². The third-order valence-corrected chi connectivity index (χ3v) is 6.10. The molecule has 164 valence electrons. The summed E-state index contributed by atoms with van der Waals surface area (Å²) in [7, 11) is 0. The second-order valence-electron chi connectivity index (χ2n) is 10.7. The van der Waals surface area contributed by atoms with E-state index in [1.807, 2.05) is 6.07 Å². The predicted molar refractivity (Wildman–Crippen MR) is 122 cm³/mol. The first-order valence-electron chi connectivity index (χ1n) is 11.1. The van der Waals surface area contributed by atoms with E-state index in [1.54, 1.807) is 6.07 Å². The van der Waals surface area contributed by atoms with E-state index in [0.29, 0.717) is 17.0 Å². The molecule has 30 heavy (non-hydrogen) atoms. The molecule has 2 aliphatic rings. The van der Waals surface area contributed by atoms with Gasteiger partial charge in [0.05, 0.1) is 5.69 Å². The Morgan fingerprint density at radius 2 is 1.37 bits per heavy atom. The summed E-state index contributed by atoms with van der Waals surface area (Å²) in [6, 6.07) is 3.57. The number of halogens is 1. The van der Waals surface area contributed by atoms with Crippen LogP contribution < -0.4 is 5.56 Å². The van der Waals surface area contributed by atoms with E-state index in [-0.39, 0.29) is 16.4 Å². The topological polar surface area (TPSA) is 71.5 Å². The van der Waals surface area contributed by atoms with Gasteiger partial charge in [0.2, 0.25) is 0 Å². The van der Waals surface area contributed by atoms with Crippen molar-refractivity contribution in [3.05, 3.63) is 50.7 Å². The Morgan fingerprint density at radius 3 is 1.80 bits per heavy atom. The van der Waals surface area contributed by atoms with Crippen molar-refractivity contribution in [3.8, 4) is 0 Å². The maximum atomic E-state index is 11.5. The average molecular weight is 431 g/mol. The molecule has 0 amide bonds. The molecule has 2 heterocycles. The van der Waals surface area contributed by atoms with Crippen LogP contribution in [-0.4, -0.2) is 19.9 Å². The van der Waals surface area contributed by atoms with Gasteiger partial charge in [0, 0.05) is 34.4 Å². The van der Waals surface area contributed by atoms with E-state index in [2.05, 4.69) is 61.5 Å². The van der Waals surface area contributed by atoms with Crippen molar-refractivity contribution >= 4 is 11.6 Å². The van der Waals surface area contributed by atoms with Gasteiger partial charge in [-0.25, -0.2) is 15.0 Å². The molecule has 2 aromatic rings. The van der Waals surface area contributed by atoms with Crippen molar-refractivity contribution < 1.29 is 0 Å². The molecule has 2 aromatic heterocycles. The van der Waals surface area contributed by atoms with Crippen LogP contribution in [0.15, 0.2) is 16.9 Å². The lowest BCUT2D eigenvalue weighted by atomic mass is 9.82. The van der Waals surface area contributed by atoms with Crippen LogP contribution >= 0.6 is 11.6 Å². The minimum Gasteiger partial charge on any atom is -0.310 e. The zero-order chi connectivity index (χ0) is 22.1. The Labute approximate surface area is 185 Å². The molecule has 0 unspecified atom stereocenters. The molecule has 0 atom stereocenters. The number of rotatable bonds is 2. The highest BCUT2D eigenvalue weighted by atomic mass is 35.5. The fraction of sp³-hybridized carbons (Fsp3) is 0.667. The number of hydrogen-bond acceptors (Lipinski definition) is 4. The maximum Gasteiger partial charge on any atom is 0.251 e. The molecule has 0 aromatic carbocycles. The zero-order valence-electron chi connectivity index (χ0n) is 19.2. The maximum absolute atomic E-state index is 11.5. The van der Waals surface area contributed by atoms with Crippen LogP contribution in [-0.2, 0) is 10.8 Å². The first kappa shape index (κ1) is 22.9. The highest BCUT2D eigenvalue weighted by Crippen LogP contribution is 2.37. The van der Waals surface area contributed by atoms with Gasteiger partial charge in [0.15, 0.2) is 0 Å². The standard InChI is InChI=1S/C12H17ClN2.C12H18N2O/c1-12(2,3)11-14-9(7-10(13)15-11)8-5-4-6-8;1-12(2,3)11-13-9(7-10(15)14-11)8-5-4-6-8/h7-8H,4-6H2,1-3H3;7-8H,4-6H2,1-3H3,(H,13,14,15). The zero-order valence-corrected chi connectivity index (χ0v) is 19.9. The number of aromatic amines is 1. The van der Waals surface area contributed by atoms with Crippen LogP contribution in [0.5, 0.6) is 0 Å². The van der Waals surface area contributed by atoms with Crippen LogP contribution in [0.1, 0.15) is 115 Å². The second-order valence-corrected chi connectivity index (χ2v) is 11.1. The monoisotopic (exact) mass is 430 g/mol. The summed E-state index contributed by atoms with van der Waals surface area (Å²) in [5.41, 5.74) is 1.99. The number of hydrogen-bond donors (Lipinski definition) is 1. The number of nitrogens with zero attached hydrogens (tertiary/aromatic N) is 3. The molecule has 1 N–H and O–H groups in total. The van der Waals surface area contributed by atoms with E-state index < -0.39 is 0 Å². The summed E-state index contributed by atoms with van der Waals surface area (Å²) < 4.78 is 0. The lowest BCUT2D eigenvalue weighted by molar-refractivity contribution is 0.405. The van der Waals surface area contributed by atoms with E-state index in [9.17, 15) is 4.79 Å². The molecule has 0 saturated heterocycles. The fourth-order valence-electron chi connectivity index (χ4n) is 3.43. The van der Waals surface area contributed by atoms with Gasteiger partial charge in [-0.15, -0.1) is 0 Å². The van der Waals surface area contributed by atoms with Crippen molar-refractivity contribution in [1.29, 1.82) is 0 Å². The van der Waals surface area contributed by atoms with Crippen molar-refractivity contribution in [2.24, 2.45) is 0 Å². The quantitative estimate of drug-likeness (QED) is 0.590. The summed E-state index contributed by atoms with van der Waals surface area (Å²) in [4.78, 5) is 27.8. The number of nitrogens with one attached hydrogen (secondary N) is 1. The smallest absolute Gasteiger partial charge is 0.251 e. The summed E-state index contributed by atoms with van der Waals surface area (Å²) in [5, 5.41) is 0.580. The molecule has 6 heteroatoms. The van der Waals surface area contributed by atoms with Crippen LogP contribution in [0.25, 0.3) is 0 Å². The van der Waals surface area contributed by atoms with Gasteiger partial charge in [0.1, 0.15) is 16.8 Å². The first-order chi connectivity index (χ1) is 13.9. The third-order valence-electron chi connectivity index (χ3n) is 5.90. The molecule has 0 radical (unpaired) electrons. The normalized spacial score (nSPS) is 17.6. The summed E-state index contributed by atoms with van der Waals surface area (Å²) >= 11 is 6.03. The molecule has 0 bridgehead atoms. The number of H-pyrrole nitrogens is 1. The van der Waals surface area contributed by atoms with E-state index >= 15 is 0 Å². The van der Waals surface area contributed by atoms with Crippen molar-refractivity contribution in [3.63, 3.8) is 0 Å². The Bertz CT molecular complexity index is 931. The Kier molecular flexibility index (Phi) is 6.71. The van der Waals surface area contributed by atoms with Crippen LogP contribution in [0.4, 0.5) is 0 Å². The van der Waals surface area contributed by atoms with E-state index in [4.69, 9.17) is 11.6 Å². The molecule has 4 rings (SSSR count). The summed E-state index contributed by atoms with van der Waals surface area (Å²) in [6.07, 6.45) is 7.44. The van der Waals surface area contributed by atoms with E-state index in [0.717, 1.165) is 23.0 Å². The van der Waals surface area contributed by atoms with Crippen molar-refractivity contribution in [2.45, 2.75) is 103 Å². The van der Waals surface area contributed by atoms with Crippen LogP contribution in [0.2, 0.25) is 5.15 Å². The SMILES string of the molecule is CC(C)(C)c1nc(C2CCC2)cc(=O)[nH]1.CC(C)(C)c1nc(Cl)cc(C2CCC2)n1. The second kappa shape index (κ2) is 8.78. The third kappa shape index (κ3) is 5.69. The highest BCUT2D eigenvalue weighted by molar-refractivity contribution is 6.29. The van der Waals surface area contributed by atoms with Gasteiger partial charge < -0.3 is 4.98 Å². The molecule has 2 aliphatic carbocycles. The molecule has 0 spiro atoms. The fourth-order valence-corrected chi connectivity index (χ4v) is 3.62. The lowest BCUT2D eigenvalue weighted by Gasteiger charge is -2.26. The summed E-state index contributed by atoms with van der Waals surface area (Å²) in [5.74, 6) is 2.80. The van der Waals surface area contributed by atoms with E-state index in [1.165, 1.54) is 38.5 Å².